The van der Waals surface area contributed by atoms with E-state index in [0.29, 0.717) is 0 Å². The molecule has 1 unspecified atom stereocenters. The highest BCUT2D eigenvalue weighted by molar-refractivity contribution is 5.72. The summed E-state index contributed by atoms with van der Waals surface area (Å²) in [5.74, 6) is -0.994. The Kier molecular flexibility index (Phi) is 4.20. The minimum atomic E-state index is -0.994. The van der Waals surface area contributed by atoms with Crippen LogP contribution in [0.5, 0.6) is 0 Å². The zero-order chi connectivity index (χ0) is 9.78. The normalized spacial score (nSPS) is 14.3. The Morgan fingerprint density at radius 2 is 2.00 bits per heavy atom. The van der Waals surface area contributed by atoms with E-state index >= 15 is 0 Å². The number of aliphatic carboxylic acids is 1. The molecule has 0 saturated carbocycles. The van der Waals surface area contributed by atoms with Crippen molar-refractivity contribution in [2.75, 3.05) is 13.7 Å². The highest BCUT2D eigenvalue weighted by Gasteiger charge is 2.24. The van der Waals surface area contributed by atoms with Crippen molar-refractivity contribution in [2.45, 2.75) is 32.5 Å². The monoisotopic (exact) mass is 176 g/mol. The number of ether oxygens (including phenoxy) is 2. The molecule has 0 aromatic rings. The lowest BCUT2D eigenvalue weighted by Gasteiger charge is -2.24. The number of methoxy groups -OCH3 is 1. The van der Waals surface area contributed by atoms with Crippen molar-refractivity contribution in [3.63, 3.8) is 0 Å². The first kappa shape index (κ1) is 11.4. The second-order valence-corrected chi connectivity index (χ2v) is 3.51. The molecule has 0 aromatic carbocycles. The summed E-state index contributed by atoms with van der Waals surface area (Å²) >= 11 is 0. The van der Waals surface area contributed by atoms with E-state index in [1.165, 1.54) is 7.11 Å². The van der Waals surface area contributed by atoms with Gasteiger partial charge in [0.05, 0.1) is 12.2 Å². The molecule has 0 saturated heterocycles. The van der Waals surface area contributed by atoms with Gasteiger partial charge in [-0.25, -0.2) is 4.79 Å². The maximum absolute atomic E-state index is 10.6. The van der Waals surface area contributed by atoms with Crippen LogP contribution in [0.15, 0.2) is 0 Å². The average molecular weight is 176 g/mol. The third kappa shape index (κ3) is 5.09. The van der Waals surface area contributed by atoms with E-state index < -0.39 is 17.7 Å². The van der Waals surface area contributed by atoms with Crippen molar-refractivity contribution >= 4 is 5.97 Å². The van der Waals surface area contributed by atoms with Gasteiger partial charge in [-0.3, -0.25) is 0 Å². The van der Waals surface area contributed by atoms with Crippen LogP contribution in [0.4, 0.5) is 0 Å². The molecule has 12 heavy (non-hydrogen) atoms. The zero-order valence-electron chi connectivity index (χ0n) is 7.96. The van der Waals surface area contributed by atoms with Crippen LogP contribution in [-0.4, -0.2) is 36.5 Å². The van der Waals surface area contributed by atoms with Crippen LogP contribution in [0.1, 0.15) is 20.8 Å². The third-order valence-electron chi connectivity index (χ3n) is 1.09. The average Bonchev–Trinajstić information content (AvgIpc) is 1.83. The van der Waals surface area contributed by atoms with Crippen molar-refractivity contribution in [1.29, 1.82) is 0 Å². The molecule has 0 bridgehead atoms. The van der Waals surface area contributed by atoms with Gasteiger partial charge in [0, 0.05) is 7.11 Å². The van der Waals surface area contributed by atoms with Crippen molar-refractivity contribution in [1.82, 2.24) is 0 Å². The van der Waals surface area contributed by atoms with E-state index in [9.17, 15) is 4.79 Å². The minimum Gasteiger partial charge on any atom is -0.479 e. The van der Waals surface area contributed by atoms with Gasteiger partial charge < -0.3 is 14.6 Å². The second-order valence-electron chi connectivity index (χ2n) is 3.51. The molecular formula is C8H16O4. The molecule has 0 spiro atoms. The predicted octanol–water partition coefficient (Wildman–Crippen LogP) is 0.901. The Labute approximate surface area is 72.5 Å². The number of hydrogen-bond donors (Lipinski definition) is 1. The van der Waals surface area contributed by atoms with Crippen molar-refractivity contribution in [3.05, 3.63) is 0 Å². The number of rotatable bonds is 4. The summed E-state index contributed by atoms with van der Waals surface area (Å²) in [6.45, 7) is 5.49. The lowest BCUT2D eigenvalue weighted by Crippen LogP contribution is -2.36. The molecule has 0 aliphatic carbocycles. The fourth-order valence-corrected chi connectivity index (χ4v) is 0.734. The Bertz CT molecular complexity index is 148. The fourth-order valence-electron chi connectivity index (χ4n) is 0.734. The summed E-state index contributed by atoms with van der Waals surface area (Å²) in [6.07, 6.45) is -0.880. The second kappa shape index (κ2) is 4.42. The number of hydrogen-bond acceptors (Lipinski definition) is 3. The van der Waals surface area contributed by atoms with Gasteiger partial charge in [0.25, 0.3) is 0 Å². The van der Waals surface area contributed by atoms with E-state index in [4.69, 9.17) is 14.6 Å². The van der Waals surface area contributed by atoms with Crippen LogP contribution >= 0.6 is 0 Å². The molecule has 0 rings (SSSR count). The number of carboxylic acid groups (broad SMARTS) is 1. The number of carbonyl (C=O) groups is 1. The Balaban J connectivity index is 4.05. The van der Waals surface area contributed by atoms with Gasteiger partial charge in [0.1, 0.15) is 0 Å². The van der Waals surface area contributed by atoms with E-state index in [2.05, 4.69) is 0 Å². The summed E-state index contributed by atoms with van der Waals surface area (Å²) in [5.41, 5.74) is -0.457. The zero-order valence-corrected chi connectivity index (χ0v) is 7.96. The topological polar surface area (TPSA) is 55.8 Å². The summed E-state index contributed by atoms with van der Waals surface area (Å²) in [6, 6.07) is 0. The standard InChI is InChI=1S/C8H16O4/c1-8(2,3)12-6(5-11-4)7(9)10/h6H,5H2,1-4H3,(H,9,10). The van der Waals surface area contributed by atoms with Crippen LogP contribution in [0.3, 0.4) is 0 Å². The summed E-state index contributed by atoms with van der Waals surface area (Å²) < 4.78 is 9.92. The van der Waals surface area contributed by atoms with E-state index in [1.807, 2.05) is 0 Å². The lowest BCUT2D eigenvalue weighted by molar-refractivity contribution is -0.165. The molecule has 0 aliphatic heterocycles. The molecule has 0 aromatic heterocycles. The van der Waals surface area contributed by atoms with E-state index in [-0.39, 0.29) is 6.61 Å². The molecular weight excluding hydrogens is 160 g/mol. The van der Waals surface area contributed by atoms with Crippen LogP contribution < -0.4 is 0 Å². The van der Waals surface area contributed by atoms with Gasteiger partial charge in [-0.15, -0.1) is 0 Å². The fraction of sp³-hybridized carbons (Fsp3) is 0.875. The van der Waals surface area contributed by atoms with Gasteiger partial charge in [-0.05, 0) is 20.8 Å². The smallest absolute Gasteiger partial charge is 0.335 e. The maximum atomic E-state index is 10.6. The summed E-state index contributed by atoms with van der Waals surface area (Å²) in [7, 11) is 1.45. The van der Waals surface area contributed by atoms with Crippen LogP contribution in [0, 0.1) is 0 Å². The minimum absolute atomic E-state index is 0.0760. The third-order valence-corrected chi connectivity index (χ3v) is 1.09. The van der Waals surface area contributed by atoms with Gasteiger partial charge in [0.2, 0.25) is 0 Å². The first-order valence-corrected chi connectivity index (χ1v) is 3.76. The first-order valence-electron chi connectivity index (χ1n) is 3.76. The molecule has 0 heterocycles. The molecule has 0 radical (unpaired) electrons. The van der Waals surface area contributed by atoms with Crippen LogP contribution in [-0.2, 0) is 14.3 Å². The van der Waals surface area contributed by atoms with Gasteiger partial charge in [-0.2, -0.15) is 0 Å². The predicted molar refractivity (Wildman–Crippen MR) is 44.1 cm³/mol. The lowest BCUT2D eigenvalue weighted by atomic mass is 10.2. The first-order chi connectivity index (χ1) is 5.37. The molecule has 0 aliphatic rings. The quantitative estimate of drug-likeness (QED) is 0.691. The maximum Gasteiger partial charge on any atom is 0.335 e. The Morgan fingerprint density at radius 1 is 1.50 bits per heavy atom. The molecule has 4 nitrogen and oxygen atoms in total. The van der Waals surface area contributed by atoms with Crippen molar-refractivity contribution in [3.8, 4) is 0 Å². The van der Waals surface area contributed by atoms with E-state index in [0.717, 1.165) is 0 Å². The van der Waals surface area contributed by atoms with E-state index in [1.54, 1.807) is 20.8 Å². The van der Waals surface area contributed by atoms with Crippen LogP contribution in [0.2, 0.25) is 0 Å². The van der Waals surface area contributed by atoms with Gasteiger partial charge in [0.15, 0.2) is 6.10 Å². The molecule has 1 atom stereocenters. The SMILES string of the molecule is COCC(OC(C)(C)C)C(=O)O. The molecule has 0 amide bonds. The summed E-state index contributed by atoms with van der Waals surface area (Å²) in [5, 5.41) is 8.66. The largest absolute Gasteiger partial charge is 0.479 e. The van der Waals surface area contributed by atoms with Crippen LogP contribution in [0.25, 0.3) is 0 Å². The molecule has 72 valence electrons. The van der Waals surface area contributed by atoms with Crippen molar-refractivity contribution in [2.24, 2.45) is 0 Å². The molecule has 0 fully saturated rings. The Hall–Kier alpha value is -0.610. The number of carboxylic acids is 1. The van der Waals surface area contributed by atoms with Gasteiger partial charge >= 0.3 is 5.97 Å². The van der Waals surface area contributed by atoms with Crippen molar-refractivity contribution < 1.29 is 19.4 Å². The highest BCUT2D eigenvalue weighted by Crippen LogP contribution is 2.11. The molecule has 4 heteroatoms. The Morgan fingerprint density at radius 3 is 2.25 bits per heavy atom. The van der Waals surface area contributed by atoms with Gasteiger partial charge in [-0.1, -0.05) is 0 Å². The summed E-state index contributed by atoms with van der Waals surface area (Å²) in [4.78, 5) is 10.6. The highest BCUT2D eigenvalue weighted by atomic mass is 16.6. The molecule has 1 N–H and O–H groups in total.